The highest BCUT2D eigenvalue weighted by molar-refractivity contribution is 5.93. The number of benzene rings is 1. The van der Waals surface area contributed by atoms with E-state index in [9.17, 15) is 9.59 Å². The zero-order valence-electron chi connectivity index (χ0n) is 20.9. The topological polar surface area (TPSA) is 70.5 Å². The van der Waals surface area contributed by atoms with Gasteiger partial charge in [-0.1, -0.05) is 30.3 Å². The second-order valence-electron chi connectivity index (χ2n) is 10.4. The number of likely N-dealkylation sites (tertiary alicyclic amines) is 1. The molecule has 4 atom stereocenters. The minimum Gasteiger partial charge on any atom is -0.352 e. The summed E-state index contributed by atoms with van der Waals surface area (Å²) >= 11 is 0. The highest BCUT2D eigenvalue weighted by atomic mass is 16.2. The molecule has 3 saturated heterocycles. The Bertz CT molecular complexity index is 1000. The van der Waals surface area contributed by atoms with Gasteiger partial charge in [0.25, 0.3) is 5.91 Å². The van der Waals surface area contributed by atoms with Crippen LogP contribution in [0.3, 0.4) is 0 Å². The van der Waals surface area contributed by atoms with Crippen molar-refractivity contribution in [2.45, 2.75) is 77.0 Å². The monoisotopic (exact) mass is 477 g/mol. The van der Waals surface area contributed by atoms with E-state index in [1.54, 1.807) is 6.20 Å². The smallest absolute Gasteiger partial charge is 0.272 e. The van der Waals surface area contributed by atoms with Gasteiger partial charge in [-0.05, 0) is 82.0 Å². The number of hydrogen-bond acceptors (Lipinski definition) is 4. The molecule has 2 aromatic rings. The molecular weight excluding hydrogens is 438 g/mol. The van der Waals surface area contributed by atoms with E-state index >= 15 is 0 Å². The number of nitrogens with one attached hydrogen (secondary N) is 1. The van der Waals surface area contributed by atoms with Crippen molar-refractivity contribution in [1.82, 2.24) is 24.9 Å². The molecule has 7 heteroatoms. The van der Waals surface area contributed by atoms with Crippen LogP contribution in [0.5, 0.6) is 0 Å². The minimum atomic E-state index is 0.0902. The molecule has 4 heterocycles. The Balaban J connectivity index is 1.28. The lowest BCUT2D eigenvalue weighted by atomic mass is 9.69. The van der Waals surface area contributed by atoms with E-state index in [-0.39, 0.29) is 17.9 Å². The fourth-order valence-corrected chi connectivity index (χ4v) is 6.87. The molecule has 7 nitrogen and oxygen atoms in total. The molecule has 0 unspecified atom stereocenters. The molecule has 0 saturated carbocycles. The predicted molar refractivity (Wildman–Crippen MR) is 136 cm³/mol. The highest BCUT2D eigenvalue weighted by Crippen LogP contribution is 2.43. The second-order valence-corrected chi connectivity index (χ2v) is 10.4. The molecule has 1 N–H and O–H groups in total. The van der Waals surface area contributed by atoms with Gasteiger partial charge >= 0.3 is 0 Å². The third-order valence-corrected chi connectivity index (χ3v) is 8.40. The maximum Gasteiger partial charge on any atom is 0.272 e. The highest BCUT2D eigenvalue weighted by Gasteiger charge is 2.49. The first kappa shape index (κ1) is 24.0. The van der Waals surface area contributed by atoms with E-state index < -0.39 is 0 Å². The van der Waals surface area contributed by atoms with Crippen molar-refractivity contribution in [2.24, 2.45) is 11.8 Å². The number of nitrogens with zero attached hydrogens (tertiary/aromatic N) is 4. The molecule has 2 amide bonds. The average Bonchev–Trinajstić information content (AvgIpc) is 3.38. The van der Waals surface area contributed by atoms with Crippen molar-refractivity contribution < 1.29 is 9.59 Å². The van der Waals surface area contributed by atoms with Crippen LogP contribution < -0.4 is 5.32 Å². The van der Waals surface area contributed by atoms with E-state index in [2.05, 4.69) is 20.2 Å². The lowest BCUT2D eigenvalue weighted by Crippen LogP contribution is -2.65. The first-order valence-electron chi connectivity index (χ1n) is 13.5. The summed E-state index contributed by atoms with van der Waals surface area (Å²) in [5.41, 5.74) is 1.81. The van der Waals surface area contributed by atoms with Gasteiger partial charge in [-0.25, -0.2) is 0 Å². The molecule has 0 spiro atoms. The van der Waals surface area contributed by atoms with Gasteiger partial charge in [0.2, 0.25) is 5.91 Å². The molecule has 3 aliphatic heterocycles. The molecular formula is C28H39N5O2. The van der Waals surface area contributed by atoms with Gasteiger partial charge < -0.3 is 10.2 Å². The van der Waals surface area contributed by atoms with Crippen LogP contribution in [-0.2, 0) is 17.9 Å². The molecule has 1 aromatic heterocycles. The number of carbonyl (C=O) groups is 2. The van der Waals surface area contributed by atoms with Crippen LogP contribution in [0.2, 0.25) is 0 Å². The van der Waals surface area contributed by atoms with Gasteiger partial charge in [0, 0.05) is 44.3 Å². The lowest BCUT2D eigenvalue weighted by Gasteiger charge is -2.57. The van der Waals surface area contributed by atoms with Crippen molar-refractivity contribution in [3.63, 3.8) is 0 Å². The maximum absolute atomic E-state index is 13.8. The number of piperidine rings is 3. The van der Waals surface area contributed by atoms with Crippen molar-refractivity contribution in [3.8, 4) is 0 Å². The van der Waals surface area contributed by atoms with E-state index in [1.807, 2.05) is 48.0 Å². The first-order chi connectivity index (χ1) is 17.2. The van der Waals surface area contributed by atoms with Gasteiger partial charge in [0.15, 0.2) is 0 Å². The number of aromatic nitrogens is 2. The Kier molecular flexibility index (Phi) is 7.51. The zero-order valence-corrected chi connectivity index (χ0v) is 20.9. The van der Waals surface area contributed by atoms with Gasteiger partial charge in [0.1, 0.15) is 5.69 Å². The van der Waals surface area contributed by atoms with E-state index in [0.717, 1.165) is 24.9 Å². The summed E-state index contributed by atoms with van der Waals surface area (Å²) < 4.78 is 1.82. The number of amides is 2. The molecule has 0 radical (unpaired) electrons. The summed E-state index contributed by atoms with van der Waals surface area (Å²) in [4.78, 5) is 31.3. The molecule has 0 bridgehead atoms. The minimum absolute atomic E-state index is 0.0902. The summed E-state index contributed by atoms with van der Waals surface area (Å²) in [7, 11) is 0. The number of hydrogen-bond donors (Lipinski definition) is 1. The van der Waals surface area contributed by atoms with Crippen LogP contribution in [-0.4, -0.2) is 63.1 Å². The maximum atomic E-state index is 13.8. The molecule has 3 aliphatic rings. The quantitative estimate of drug-likeness (QED) is 0.629. The molecule has 35 heavy (non-hydrogen) atoms. The average molecular weight is 478 g/mol. The Labute approximate surface area is 208 Å². The van der Waals surface area contributed by atoms with Gasteiger partial charge in [0.05, 0.1) is 0 Å². The summed E-state index contributed by atoms with van der Waals surface area (Å²) in [6, 6.07) is 12.7. The van der Waals surface area contributed by atoms with Crippen molar-refractivity contribution in [1.29, 1.82) is 0 Å². The molecule has 1 aromatic carbocycles. The number of carbonyl (C=O) groups excluding carboxylic acids is 2. The van der Waals surface area contributed by atoms with Gasteiger partial charge in [-0.2, -0.15) is 5.10 Å². The molecule has 5 rings (SSSR count). The van der Waals surface area contributed by atoms with Crippen LogP contribution >= 0.6 is 0 Å². The Morgan fingerprint density at radius 2 is 1.89 bits per heavy atom. The zero-order chi connectivity index (χ0) is 24.2. The standard InChI is InChI=1S/C28H39N5O2/c1-2-33-25(15-16-30-33)28(35)32-20-22-11-7-17-31-18-8-12-23(27(22)31)24(32)13-6-14-26(34)29-19-21-9-4-3-5-10-21/h3-5,9-10,15-16,22-24,27H,2,6-8,11-14,17-20H2,1H3,(H,29,34)/t22-,23+,24+,27-/m0/s1. The van der Waals surface area contributed by atoms with Crippen LogP contribution in [0.4, 0.5) is 0 Å². The predicted octanol–water partition coefficient (Wildman–Crippen LogP) is 3.70. The molecule has 3 fully saturated rings. The van der Waals surface area contributed by atoms with Crippen molar-refractivity contribution in [2.75, 3.05) is 19.6 Å². The Morgan fingerprint density at radius 3 is 2.69 bits per heavy atom. The van der Waals surface area contributed by atoms with Crippen LogP contribution in [0.15, 0.2) is 42.6 Å². The van der Waals surface area contributed by atoms with Crippen LogP contribution in [0, 0.1) is 11.8 Å². The Hall–Kier alpha value is -2.67. The van der Waals surface area contributed by atoms with Gasteiger partial charge in [-0.3, -0.25) is 19.2 Å². The Morgan fingerprint density at radius 1 is 1.09 bits per heavy atom. The molecule has 188 valence electrons. The first-order valence-corrected chi connectivity index (χ1v) is 13.5. The number of aryl methyl sites for hydroxylation is 1. The van der Waals surface area contributed by atoms with Crippen molar-refractivity contribution in [3.05, 3.63) is 53.9 Å². The van der Waals surface area contributed by atoms with E-state index in [1.165, 1.54) is 38.8 Å². The summed E-state index contributed by atoms with van der Waals surface area (Å²) in [5, 5.41) is 7.42. The fraction of sp³-hybridized carbons (Fsp3) is 0.607. The lowest BCUT2D eigenvalue weighted by molar-refractivity contribution is -0.121. The SMILES string of the molecule is CCn1nccc1C(=O)N1C[C@@H]2CCCN3CCC[C@@H]([C@H]23)[C@H]1CCCC(=O)NCc1ccccc1. The molecule has 0 aliphatic carbocycles. The van der Waals surface area contributed by atoms with Crippen LogP contribution in [0.25, 0.3) is 0 Å². The third kappa shape index (κ3) is 5.15. The van der Waals surface area contributed by atoms with Crippen LogP contribution in [0.1, 0.15) is 67.9 Å². The van der Waals surface area contributed by atoms with Crippen molar-refractivity contribution >= 4 is 11.8 Å². The second kappa shape index (κ2) is 10.9. The number of rotatable bonds is 8. The van der Waals surface area contributed by atoms with E-state index in [0.29, 0.717) is 43.1 Å². The normalized spacial score (nSPS) is 26.3. The third-order valence-electron chi connectivity index (χ3n) is 8.40. The van der Waals surface area contributed by atoms with E-state index in [4.69, 9.17) is 0 Å². The fourth-order valence-electron chi connectivity index (χ4n) is 6.87. The summed E-state index contributed by atoms with van der Waals surface area (Å²) in [5.74, 6) is 1.26. The summed E-state index contributed by atoms with van der Waals surface area (Å²) in [6.07, 6.45) is 8.75. The van der Waals surface area contributed by atoms with Gasteiger partial charge in [-0.15, -0.1) is 0 Å². The summed E-state index contributed by atoms with van der Waals surface area (Å²) in [6.45, 7) is 6.51. The largest absolute Gasteiger partial charge is 0.352 e.